The van der Waals surface area contributed by atoms with Gasteiger partial charge in [0.2, 0.25) is 0 Å². The molecule has 1 aromatic rings. The minimum Gasteiger partial charge on any atom is -0.383 e. The summed E-state index contributed by atoms with van der Waals surface area (Å²) in [6.07, 6.45) is 4.14. The summed E-state index contributed by atoms with van der Waals surface area (Å²) in [4.78, 5) is 7.94. The van der Waals surface area contributed by atoms with Crippen molar-refractivity contribution >= 4 is 11.9 Å². The number of aliphatic imine (C=N–C) groups is 1. The molecule has 2 heterocycles. The lowest BCUT2D eigenvalue weighted by atomic mass is 10.0. The summed E-state index contributed by atoms with van der Waals surface area (Å²) in [5, 5.41) is 0. The van der Waals surface area contributed by atoms with Crippen LogP contribution in [0, 0.1) is 13.8 Å². The molecule has 0 amide bonds. The maximum atomic E-state index is 5.93. The molecule has 0 saturated carbocycles. The van der Waals surface area contributed by atoms with Crippen molar-refractivity contribution in [3.8, 4) is 0 Å². The Balaban J connectivity index is 2.49. The summed E-state index contributed by atoms with van der Waals surface area (Å²) in [5.41, 5.74) is 14.4. The average Bonchev–Trinajstić information content (AvgIpc) is 2.78. The second kappa shape index (κ2) is 5.08. The minimum absolute atomic E-state index is 0.653. The molecule has 3 nitrogen and oxygen atoms in total. The molecular weight excluding hydrogens is 234 g/mol. The molecule has 0 saturated heterocycles. The van der Waals surface area contributed by atoms with Gasteiger partial charge in [-0.1, -0.05) is 13.8 Å². The fraction of sp³-hybridized carbons (Fsp3) is 0.438. The van der Waals surface area contributed by atoms with E-state index in [0.717, 1.165) is 29.8 Å². The van der Waals surface area contributed by atoms with E-state index in [1.807, 2.05) is 6.92 Å². The van der Waals surface area contributed by atoms with Gasteiger partial charge >= 0.3 is 0 Å². The Morgan fingerprint density at radius 1 is 1.16 bits per heavy atom. The van der Waals surface area contributed by atoms with Crippen molar-refractivity contribution in [3.63, 3.8) is 0 Å². The van der Waals surface area contributed by atoms with Crippen LogP contribution in [-0.4, -0.2) is 10.8 Å². The molecule has 1 aromatic heterocycles. The summed E-state index contributed by atoms with van der Waals surface area (Å²) < 4.78 is 0. The number of aryl methyl sites for hydroxylation is 1. The molecule has 0 atom stereocenters. The zero-order valence-electron chi connectivity index (χ0n) is 12.5. The molecule has 0 fully saturated rings. The molecule has 19 heavy (non-hydrogen) atoms. The first-order valence-corrected chi connectivity index (χ1v) is 6.93. The van der Waals surface area contributed by atoms with E-state index in [0.29, 0.717) is 5.84 Å². The highest BCUT2D eigenvalue weighted by Gasteiger charge is 2.18. The van der Waals surface area contributed by atoms with Gasteiger partial charge < -0.3 is 10.7 Å². The quantitative estimate of drug-likeness (QED) is 0.853. The summed E-state index contributed by atoms with van der Waals surface area (Å²) in [6, 6.07) is 0. The predicted octanol–water partition coefficient (Wildman–Crippen LogP) is 3.63. The van der Waals surface area contributed by atoms with E-state index in [-0.39, 0.29) is 0 Å². The van der Waals surface area contributed by atoms with Crippen molar-refractivity contribution in [1.82, 2.24) is 4.98 Å². The Hall–Kier alpha value is -1.77. The van der Waals surface area contributed by atoms with E-state index in [1.165, 1.54) is 22.4 Å². The maximum Gasteiger partial charge on any atom is 0.127 e. The van der Waals surface area contributed by atoms with Crippen molar-refractivity contribution in [1.29, 1.82) is 0 Å². The monoisotopic (exact) mass is 257 g/mol. The Labute approximate surface area is 115 Å². The fourth-order valence-electron chi connectivity index (χ4n) is 2.82. The van der Waals surface area contributed by atoms with Crippen LogP contribution in [0.25, 0.3) is 6.08 Å². The van der Waals surface area contributed by atoms with Gasteiger partial charge in [0.1, 0.15) is 5.84 Å². The summed E-state index contributed by atoms with van der Waals surface area (Å²) >= 11 is 0. The lowest BCUT2D eigenvalue weighted by Gasteiger charge is -2.02. The van der Waals surface area contributed by atoms with Crippen LogP contribution >= 0.6 is 0 Å². The summed E-state index contributed by atoms with van der Waals surface area (Å²) in [7, 11) is 0. The molecule has 0 bridgehead atoms. The lowest BCUT2D eigenvalue weighted by molar-refractivity contribution is 1.08. The smallest absolute Gasteiger partial charge is 0.127 e. The third kappa shape index (κ3) is 2.25. The topological polar surface area (TPSA) is 54.2 Å². The van der Waals surface area contributed by atoms with Crippen LogP contribution in [0.4, 0.5) is 0 Å². The van der Waals surface area contributed by atoms with Gasteiger partial charge in [-0.2, -0.15) is 0 Å². The highest BCUT2D eigenvalue weighted by molar-refractivity contribution is 6.02. The highest BCUT2D eigenvalue weighted by Crippen LogP contribution is 2.29. The van der Waals surface area contributed by atoms with Gasteiger partial charge in [-0.3, -0.25) is 0 Å². The Morgan fingerprint density at radius 2 is 1.84 bits per heavy atom. The summed E-state index contributed by atoms with van der Waals surface area (Å²) in [5.74, 6) is 0.653. The van der Waals surface area contributed by atoms with Crippen LogP contribution in [-0.2, 0) is 6.42 Å². The number of rotatable bonds is 3. The Bertz CT molecular complexity index is 598. The first-order chi connectivity index (χ1) is 8.99. The number of hydrogen-bond acceptors (Lipinski definition) is 2. The Morgan fingerprint density at radius 3 is 2.37 bits per heavy atom. The third-order valence-electron chi connectivity index (χ3n) is 4.01. The third-order valence-corrected chi connectivity index (χ3v) is 4.01. The number of hydrogen-bond donors (Lipinski definition) is 2. The number of nitrogens with one attached hydrogen (secondary N) is 1. The van der Waals surface area contributed by atoms with Crippen molar-refractivity contribution in [3.05, 3.63) is 39.4 Å². The van der Waals surface area contributed by atoms with Gasteiger partial charge in [0, 0.05) is 11.4 Å². The van der Waals surface area contributed by atoms with Gasteiger partial charge in [-0.05, 0) is 62.0 Å². The number of aromatic amines is 1. The zero-order valence-corrected chi connectivity index (χ0v) is 12.5. The van der Waals surface area contributed by atoms with Crippen LogP contribution in [0.3, 0.4) is 0 Å². The number of nitrogens with two attached hydrogens (primary N) is 1. The Kier molecular flexibility index (Phi) is 3.65. The highest BCUT2D eigenvalue weighted by atomic mass is 14.9. The molecule has 1 aliphatic rings. The van der Waals surface area contributed by atoms with Crippen LogP contribution in [0.1, 0.15) is 49.7 Å². The largest absolute Gasteiger partial charge is 0.383 e. The molecule has 3 N–H and O–H groups in total. The van der Waals surface area contributed by atoms with E-state index in [9.17, 15) is 0 Å². The number of H-pyrrole nitrogens is 1. The van der Waals surface area contributed by atoms with Gasteiger partial charge in [-0.25, -0.2) is 4.99 Å². The SMILES string of the molecule is CCC1=C(C)C(N)=N/C1=C\c1[nH]c(C)c(CC)c1C. The number of amidine groups is 1. The molecule has 3 heteroatoms. The number of aromatic nitrogens is 1. The van der Waals surface area contributed by atoms with Crippen LogP contribution in [0.2, 0.25) is 0 Å². The van der Waals surface area contributed by atoms with Crippen LogP contribution in [0.5, 0.6) is 0 Å². The van der Waals surface area contributed by atoms with E-state index < -0.39 is 0 Å². The van der Waals surface area contributed by atoms with Gasteiger partial charge in [-0.15, -0.1) is 0 Å². The first-order valence-electron chi connectivity index (χ1n) is 6.93. The normalized spacial score (nSPS) is 17.5. The molecule has 0 unspecified atom stereocenters. The van der Waals surface area contributed by atoms with E-state index >= 15 is 0 Å². The maximum absolute atomic E-state index is 5.93. The average molecular weight is 257 g/mol. The van der Waals surface area contributed by atoms with E-state index in [4.69, 9.17) is 5.73 Å². The van der Waals surface area contributed by atoms with Crippen LogP contribution in [0.15, 0.2) is 21.8 Å². The van der Waals surface area contributed by atoms with Gasteiger partial charge in [0.15, 0.2) is 0 Å². The summed E-state index contributed by atoms with van der Waals surface area (Å²) in [6.45, 7) is 10.7. The first kappa shape index (κ1) is 13.7. The van der Waals surface area contributed by atoms with Gasteiger partial charge in [0.05, 0.1) is 5.70 Å². The molecule has 1 aliphatic heterocycles. The molecule has 102 valence electrons. The number of allylic oxidation sites excluding steroid dienone is 1. The lowest BCUT2D eigenvalue weighted by Crippen LogP contribution is -2.09. The van der Waals surface area contributed by atoms with Crippen LogP contribution < -0.4 is 5.73 Å². The minimum atomic E-state index is 0.653. The van der Waals surface area contributed by atoms with Crippen molar-refractivity contribution in [2.24, 2.45) is 10.7 Å². The second-order valence-electron chi connectivity index (χ2n) is 5.10. The number of nitrogens with zero attached hydrogens (tertiary/aromatic N) is 1. The van der Waals surface area contributed by atoms with Gasteiger partial charge in [0.25, 0.3) is 0 Å². The molecule has 0 spiro atoms. The van der Waals surface area contributed by atoms with Crippen molar-refractivity contribution < 1.29 is 0 Å². The standard InChI is InChI=1S/C16H23N3/c1-6-12-9(3)14(18-11(12)5)8-15-13(7-2)10(4)16(17)19-15/h8,18H,6-7H2,1-5H3,(H2,17,19)/b15-8-. The molecular formula is C16H23N3. The molecule has 2 rings (SSSR count). The van der Waals surface area contributed by atoms with Crippen molar-refractivity contribution in [2.45, 2.75) is 47.5 Å². The van der Waals surface area contributed by atoms with E-state index in [1.54, 1.807) is 0 Å². The molecule has 0 radical (unpaired) electrons. The second-order valence-corrected chi connectivity index (χ2v) is 5.10. The molecule has 0 aliphatic carbocycles. The van der Waals surface area contributed by atoms with Crippen molar-refractivity contribution in [2.75, 3.05) is 0 Å². The van der Waals surface area contributed by atoms with E-state index in [2.05, 4.69) is 43.7 Å². The molecule has 0 aromatic carbocycles. The zero-order chi connectivity index (χ0) is 14.2. The predicted molar refractivity (Wildman–Crippen MR) is 82.2 cm³/mol. The fourth-order valence-corrected chi connectivity index (χ4v) is 2.82.